The number of anilines is 1. The zero-order valence-corrected chi connectivity index (χ0v) is 10.4. The van der Waals surface area contributed by atoms with Gasteiger partial charge in [-0.1, -0.05) is 18.2 Å². The molecule has 3 nitrogen and oxygen atoms in total. The highest BCUT2D eigenvalue weighted by Gasteiger charge is 2.09. The molecule has 0 spiro atoms. The molecule has 1 amide bonds. The maximum absolute atomic E-state index is 12.0. The highest BCUT2D eigenvalue weighted by Crippen LogP contribution is 2.14. The van der Waals surface area contributed by atoms with Gasteiger partial charge in [-0.25, -0.2) is 0 Å². The van der Waals surface area contributed by atoms with Gasteiger partial charge in [0.2, 0.25) is 0 Å². The molecule has 2 N–H and O–H groups in total. The zero-order chi connectivity index (χ0) is 12.1. The maximum Gasteiger partial charge on any atom is 0.253 e. The van der Waals surface area contributed by atoms with Crippen LogP contribution in [0.15, 0.2) is 41.8 Å². The van der Waals surface area contributed by atoms with Crippen molar-refractivity contribution in [2.75, 3.05) is 12.4 Å². The van der Waals surface area contributed by atoms with Gasteiger partial charge in [-0.3, -0.25) is 4.79 Å². The fraction of sp³-hybridized carbons (Fsp3) is 0.154. The third kappa shape index (κ3) is 2.85. The average Bonchev–Trinajstić information content (AvgIpc) is 2.89. The molecule has 0 unspecified atom stereocenters. The second-order valence-electron chi connectivity index (χ2n) is 3.56. The van der Waals surface area contributed by atoms with Crippen LogP contribution in [0.3, 0.4) is 0 Å². The highest BCUT2D eigenvalue weighted by atomic mass is 32.1. The van der Waals surface area contributed by atoms with E-state index in [-0.39, 0.29) is 5.91 Å². The van der Waals surface area contributed by atoms with E-state index in [1.807, 2.05) is 48.8 Å². The summed E-state index contributed by atoms with van der Waals surface area (Å²) in [6.45, 7) is 0.578. The first kappa shape index (κ1) is 11.7. The fourth-order valence-corrected chi connectivity index (χ4v) is 2.22. The lowest BCUT2D eigenvalue weighted by Gasteiger charge is -2.08. The molecule has 17 heavy (non-hydrogen) atoms. The summed E-state index contributed by atoms with van der Waals surface area (Å²) in [6, 6.07) is 11.5. The standard InChI is InChI=1S/C13H14N2OS/c1-14-12-7-3-2-6-11(12)13(16)15-9-10-5-4-8-17-10/h2-8,14H,9H2,1H3,(H,15,16). The van der Waals surface area contributed by atoms with Gasteiger partial charge in [0.25, 0.3) is 5.91 Å². The SMILES string of the molecule is CNc1ccccc1C(=O)NCc1cccs1. The first-order chi connectivity index (χ1) is 8.31. The molecule has 1 heterocycles. The van der Waals surface area contributed by atoms with E-state index in [1.165, 1.54) is 0 Å². The van der Waals surface area contributed by atoms with Crippen molar-refractivity contribution in [3.05, 3.63) is 52.2 Å². The van der Waals surface area contributed by atoms with Crippen LogP contribution in [0.1, 0.15) is 15.2 Å². The van der Waals surface area contributed by atoms with Crippen molar-refractivity contribution in [1.29, 1.82) is 0 Å². The summed E-state index contributed by atoms with van der Waals surface area (Å²) < 4.78 is 0. The van der Waals surface area contributed by atoms with Crippen LogP contribution in [0.2, 0.25) is 0 Å². The lowest BCUT2D eigenvalue weighted by Crippen LogP contribution is -2.23. The van der Waals surface area contributed by atoms with E-state index in [1.54, 1.807) is 11.3 Å². The Kier molecular flexibility index (Phi) is 3.77. The highest BCUT2D eigenvalue weighted by molar-refractivity contribution is 7.09. The van der Waals surface area contributed by atoms with Crippen LogP contribution in [0.5, 0.6) is 0 Å². The molecular weight excluding hydrogens is 232 g/mol. The number of carbonyl (C=O) groups is 1. The third-order valence-corrected chi connectivity index (χ3v) is 3.32. The quantitative estimate of drug-likeness (QED) is 0.871. The van der Waals surface area contributed by atoms with Crippen LogP contribution >= 0.6 is 11.3 Å². The second kappa shape index (κ2) is 5.50. The monoisotopic (exact) mass is 246 g/mol. The minimum atomic E-state index is -0.0525. The smallest absolute Gasteiger partial charge is 0.253 e. The summed E-state index contributed by atoms with van der Waals surface area (Å²) >= 11 is 1.64. The number of amides is 1. The summed E-state index contributed by atoms with van der Waals surface area (Å²) in [7, 11) is 1.81. The number of carbonyl (C=O) groups excluding carboxylic acids is 1. The van der Waals surface area contributed by atoms with Crippen molar-refractivity contribution in [1.82, 2.24) is 5.32 Å². The Morgan fingerprint density at radius 2 is 2.06 bits per heavy atom. The minimum Gasteiger partial charge on any atom is -0.387 e. The first-order valence-electron chi connectivity index (χ1n) is 5.38. The van der Waals surface area contributed by atoms with Crippen LogP contribution in [0, 0.1) is 0 Å². The minimum absolute atomic E-state index is 0.0525. The molecule has 0 aliphatic carbocycles. The van der Waals surface area contributed by atoms with Crippen LogP contribution in [-0.4, -0.2) is 13.0 Å². The Labute approximate surface area is 104 Å². The number of rotatable bonds is 4. The summed E-state index contributed by atoms with van der Waals surface area (Å²) in [5.41, 5.74) is 1.52. The lowest BCUT2D eigenvalue weighted by molar-refractivity contribution is 0.0952. The van der Waals surface area contributed by atoms with Gasteiger partial charge in [0.1, 0.15) is 0 Å². The van der Waals surface area contributed by atoms with Crippen molar-refractivity contribution < 1.29 is 4.79 Å². The van der Waals surface area contributed by atoms with Gasteiger partial charge in [0.15, 0.2) is 0 Å². The lowest BCUT2D eigenvalue weighted by atomic mass is 10.1. The van der Waals surface area contributed by atoms with Gasteiger partial charge in [-0.05, 0) is 23.6 Å². The molecule has 1 aromatic carbocycles. The molecule has 0 saturated carbocycles. The Balaban J connectivity index is 2.04. The molecule has 2 aromatic rings. The topological polar surface area (TPSA) is 41.1 Å². The Bertz CT molecular complexity index is 494. The van der Waals surface area contributed by atoms with Crippen LogP contribution in [-0.2, 0) is 6.54 Å². The van der Waals surface area contributed by atoms with E-state index in [2.05, 4.69) is 10.6 Å². The summed E-state index contributed by atoms with van der Waals surface area (Å²) in [5, 5.41) is 7.92. The molecule has 0 atom stereocenters. The average molecular weight is 246 g/mol. The van der Waals surface area contributed by atoms with E-state index < -0.39 is 0 Å². The largest absolute Gasteiger partial charge is 0.387 e. The van der Waals surface area contributed by atoms with Gasteiger partial charge in [-0.2, -0.15) is 0 Å². The molecule has 1 aromatic heterocycles. The van der Waals surface area contributed by atoms with Gasteiger partial charge in [-0.15, -0.1) is 11.3 Å². The summed E-state index contributed by atoms with van der Waals surface area (Å²) in [6.07, 6.45) is 0. The molecular formula is C13H14N2OS. The molecule has 0 aliphatic rings. The Morgan fingerprint density at radius 3 is 2.76 bits per heavy atom. The predicted octanol–water partition coefficient (Wildman–Crippen LogP) is 2.72. The van der Waals surface area contributed by atoms with Crippen LogP contribution in [0.4, 0.5) is 5.69 Å². The number of hydrogen-bond acceptors (Lipinski definition) is 3. The van der Waals surface area contributed by atoms with Crippen LogP contribution < -0.4 is 10.6 Å². The molecule has 88 valence electrons. The second-order valence-corrected chi connectivity index (χ2v) is 4.59. The summed E-state index contributed by atoms with van der Waals surface area (Å²) in [4.78, 5) is 13.1. The third-order valence-electron chi connectivity index (χ3n) is 2.44. The molecule has 0 bridgehead atoms. The Hall–Kier alpha value is -1.81. The van der Waals surface area contributed by atoms with Crippen molar-refractivity contribution in [2.24, 2.45) is 0 Å². The van der Waals surface area contributed by atoms with E-state index in [0.717, 1.165) is 10.6 Å². The number of thiophene rings is 1. The summed E-state index contributed by atoms with van der Waals surface area (Å²) in [5.74, 6) is -0.0525. The maximum atomic E-state index is 12.0. The van der Waals surface area contributed by atoms with E-state index >= 15 is 0 Å². The van der Waals surface area contributed by atoms with Gasteiger partial charge in [0, 0.05) is 17.6 Å². The van der Waals surface area contributed by atoms with E-state index in [0.29, 0.717) is 12.1 Å². The molecule has 0 aliphatic heterocycles. The van der Waals surface area contributed by atoms with Gasteiger partial charge in [0.05, 0.1) is 12.1 Å². The fourth-order valence-electron chi connectivity index (χ4n) is 1.57. The predicted molar refractivity (Wildman–Crippen MR) is 71.5 cm³/mol. The number of hydrogen-bond donors (Lipinski definition) is 2. The first-order valence-corrected chi connectivity index (χ1v) is 6.26. The molecule has 0 fully saturated rings. The molecule has 2 rings (SSSR count). The normalized spacial score (nSPS) is 9.94. The van der Waals surface area contributed by atoms with E-state index in [4.69, 9.17) is 0 Å². The number of para-hydroxylation sites is 1. The van der Waals surface area contributed by atoms with E-state index in [9.17, 15) is 4.79 Å². The number of benzene rings is 1. The van der Waals surface area contributed by atoms with Gasteiger partial charge >= 0.3 is 0 Å². The van der Waals surface area contributed by atoms with Gasteiger partial charge < -0.3 is 10.6 Å². The van der Waals surface area contributed by atoms with Crippen LogP contribution in [0.25, 0.3) is 0 Å². The van der Waals surface area contributed by atoms with Crippen molar-refractivity contribution in [2.45, 2.75) is 6.54 Å². The molecule has 0 radical (unpaired) electrons. The zero-order valence-electron chi connectivity index (χ0n) is 9.57. The van der Waals surface area contributed by atoms with Crippen molar-refractivity contribution in [3.8, 4) is 0 Å². The Morgan fingerprint density at radius 1 is 1.24 bits per heavy atom. The van der Waals surface area contributed by atoms with Crippen molar-refractivity contribution in [3.63, 3.8) is 0 Å². The van der Waals surface area contributed by atoms with Crippen molar-refractivity contribution >= 4 is 22.9 Å². The number of nitrogens with one attached hydrogen (secondary N) is 2. The molecule has 0 saturated heterocycles. The molecule has 4 heteroatoms.